The quantitative estimate of drug-likeness (QED) is 0.921. The van der Waals surface area contributed by atoms with Gasteiger partial charge in [0.15, 0.2) is 0 Å². The molecule has 2 aromatic rings. The van der Waals surface area contributed by atoms with Crippen LogP contribution in [0.15, 0.2) is 36.7 Å². The van der Waals surface area contributed by atoms with Crippen molar-refractivity contribution >= 4 is 11.7 Å². The van der Waals surface area contributed by atoms with Crippen LogP contribution in [-0.2, 0) is 17.6 Å². The van der Waals surface area contributed by atoms with Crippen molar-refractivity contribution < 1.29 is 4.79 Å². The Balaban J connectivity index is 0.000000774. The first-order valence-corrected chi connectivity index (χ1v) is 7.38. The van der Waals surface area contributed by atoms with E-state index in [9.17, 15) is 4.79 Å². The van der Waals surface area contributed by atoms with Crippen LogP contribution in [0.2, 0.25) is 0 Å². The lowest BCUT2D eigenvalue weighted by Crippen LogP contribution is -2.23. The first-order valence-electron chi connectivity index (χ1n) is 7.38. The van der Waals surface area contributed by atoms with E-state index in [0.29, 0.717) is 12.2 Å². The maximum Gasteiger partial charge on any atom is 0.229 e. The number of hydrogen-bond donors (Lipinski definition) is 1. The average Bonchev–Trinajstić information content (AvgIpc) is 2.93. The summed E-state index contributed by atoms with van der Waals surface area (Å²) in [7, 11) is 0. The van der Waals surface area contributed by atoms with E-state index in [0.717, 1.165) is 17.7 Å². The SMILES string of the molecule is CC.Cc1cnc2c(c1)C[C@H](C(=O)Nc1ccccn1)C2. The molecule has 0 unspecified atom stereocenters. The lowest BCUT2D eigenvalue weighted by molar-refractivity contribution is -0.119. The second-order valence-electron chi connectivity index (χ2n) is 4.93. The van der Waals surface area contributed by atoms with E-state index < -0.39 is 0 Å². The summed E-state index contributed by atoms with van der Waals surface area (Å²) in [4.78, 5) is 20.7. The van der Waals surface area contributed by atoms with Crippen molar-refractivity contribution in [2.45, 2.75) is 33.6 Å². The number of carbonyl (C=O) groups excluding carboxylic acids is 1. The van der Waals surface area contributed by atoms with Gasteiger partial charge in [-0.3, -0.25) is 9.78 Å². The largest absolute Gasteiger partial charge is 0.310 e. The van der Waals surface area contributed by atoms with Gasteiger partial charge in [-0.25, -0.2) is 4.98 Å². The molecule has 0 fully saturated rings. The Hall–Kier alpha value is -2.23. The fourth-order valence-electron chi connectivity index (χ4n) is 2.44. The average molecular weight is 283 g/mol. The van der Waals surface area contributed by atoms with Crippen LogP contribution in [0.4, 0.5) is 5.82 Å². The molecule has 1 N–H and O–H groups in total. The Kier molecular flexibility index (Phi) is 5.04. The zero-order valence-electron chi connectivity index (χ0n) is 12.8. The molecular weight excluding hydrogens is 262 g/mol. The standard InChI is InChI=1S/C15H15N3O.C2H6/c1-10-6-11-7-12(8-13(11)17-9-10)15(19)18-14-4-2-3-5-16-14;1-2/h2-6,9,12H,7-8H2,1H3,(H,16,18,19);1-2H3/t12-;/m0./s1. The number of aryl methyl sites for hydroxylation is 1. The lowest BCUT2D eigenvalue weighted by Gasteiger charge is -2.09. The lowest BCUT2D eigenvalue weighted by atomic mass is 10.1. The third kappa shape index (κ3) is 3.66. The van der Waals surface area contributed by atoms with Crippen LogP contribution in [0, 0.1) is 12.8 Å². The van der Waals surface area contributed by atoms with Gasteiger partial charge in [0.1, 0.15) is 5.82 Å². The zero-order chi connectivity index (χ0) is 15.2. The van der Waals surface area contributed by atoms with Crippen LogP contribution >= 0.6 is 0 Å². The minimum Gasteiger partial charge on any atom is -0.310 e. The zero-order valence-corrected chi connectivity index (χ0v) is 12.8. The highest BCUT2D eigenvalue weighted by molar-refractivity contribution is 5.92. The molecule has 21 heavy (non-hydrogen) atoms. The van der Waals surface area contributed by atoms with Gasteiger partial charge in [0, 0.05) is 30.4 Å². The van der Waals surface area contributed by atoms with Crippen molar-refractivity contribution in [3.8, 4) is 0 Å². The molecule has 0 saturated carbocycles. The fourth-order valence-corrected chi connectivity index (χ4v) is 2.44. The van der Waals surface area contributed by atoms with Gasteiger partial charge < -0.3 is 5.32 Å². The molecule has 1 aliphatic carbocycles. The van der Waals surface area contributed by atoms with E-state index in [1.165, 1.54) is 5.56 Å². The summed E-state index contributed by atoms with van der Waals surface area (Å²) < 4.78 is 0. The van der Waals surface area contributed by atoms with E-state index in [2.05, 4.69) is 21.4 Å². The van der Waals surface area contributed by atoms with Crippen molar-refractivity contribution in [1.82, 2.24) is 9.97 Å². The highest BCUT2D eigenvalue weighted by Crippen LogP contribution is 2.26. The molecule has 2 aromatic heterocycles. The number of nitrogens with one attached hydrogen (secondary N) is 1. The highest BCUT2D eigenvalue weighted by Gasteiger charge is 2.28. The van der Waals surface area contributed by atoms with Crippen LogP contribution in [0.25, 0.3) is 0 Å². The summed E-state index contributed by atoms with van der Waals surface area (Å²) in [6.45, 7) is 6.02. The van der Waals surface area contributed by atoms with Gasteiger partial charge >= 0.3 is 0 Å². The molecule has 1 atom stereocenters. The molecule has 0 spiro atoms. The molecule has 0 saturated heterocycles. The monoisotopic (exact) mass is 283 g/mol. The van der Waals surface area contributed by atoms with E-state index in [1.54, 1.807) is 12.3 Å². The van der Waals surface area contributed by atoms with E-state index in [4.69, 9.17) is 0 Å². The van der Waals surface area contributed by atoms with Gasteiger partial charge in [0.05, 0.1) is 0 Å². The predicted molar refractivity (Wildman–Crippen MR) is 84.1 cm³/mol. The number of anilines is 1. The van der Waals surface area contributed by atoms with Gasteiger partial charge in [0.2, 0.25) is 5.91 Å². The molecule has 2 heterocycles. The van der Waals surface area contributed by atoms with Crippen LogP contribution in [0.3, 0.4) is 0 Å². The number of rotatable bonds is 2. The van der Waals surface area contributed by atoms with Gasteiger partial charge in [-0.05, 0) is 36.6 Å². The number of hydrogen-bond acceptors (Lipinski definition) is 3. The molecule has 0 aromatic carbocycles. The van der Waals surface area contributed by atoms with Gasteiger partial charge in [0.25, 0.3) is 0 Å². The van der Waals surface area contributed by atoms with Gasteiger partial charge in [-0.15, -0.1) is 0 Å². The minimum atomic E-state index is -0.0358. The van der Waals surface area contributed by atoms with E-state index >= 15 is 0 Å². The molecule has 4 nitrogen and oxygen atoms in total. The number of fused-ring (bicyclic) bond motifs is 1. The first kappa shape index (κ1) is 15.2. The second kappa shape index (κ2) is 6.97. The van der Waals surface area contributed by atoms with E-state index in [-0.39, 0.29) is 11.8 Å². The molecular formula is C17H21N3O. The van der Waals surface area contributed by atoms with Crippen LogP contribution in [-0.4, -0.2) is 15.9 Å². The Bertz CT molecular complexity index is 611. The second-order valence-corrected chi connectivity index (χ2v) is 4.93. The molecule has 0 bridgehead atoms. The van der Waals surface area contributed by atoms with Gasteiger partial charge in [-0.1, -0.05) is 26.0 Å². The number of carbonyl (C=O) groups is 1. The third-order valence-corrected chi connectivity index (χ3v) is 3.39. The fraction of sp³-hybridized carbons (Fsp3) is 0.353. The van der Waals surface area contributed by atoms with Crippen LogP contribution in [0.1, 0.15) is 30.7 Å². The van der Waals surface area contributed by atoms with Crippen molar-refractivity contribution in [2.24, 2.45) is 5.92 Å². The smallest absolute Gasteiger partial charge is 0.229 e. The van der Waals surface area contributed by atoms with E-state index in [1.807, 2.05) is 39.1 Å². The molecule has 1 aliphatic rings. The normalized spacial score (nSPS) is 15.7. The Morgan fingerprint density at radius 1 is 1.24 bits per heavy atom. The summed E-state index contributed by atoms with van der Waals surface area (Å²) in [5.41, 5.74) is 3.39. The van der Waals surface area contributed by atoms with Crippen molar-refractivity contribution in [3.05, 3.63) is 53.5 Å². The summed E-state index contributed by atoms with van der Waals surface area (Å²) >= 11 is 0. The molecule has 1 amide bonds. The minimum absolute atomic E-state index is 0.0225. The van der Waals surface area contributed by atoms with Crippen LogP contribution in [0.5, 0.6) is 0 Å². The molecule has 0 radical (unpaired) electrons. The summed E-state index contributed by atoms with van der Waals surface area (Å²) in [6.07, 6.45) is 5.01. The number of pyridine rings is 2. The predicted octanol–water partition coefficient (Wildman–Crippen LogP) is 3.16. The Morgan fingerprint density at radius 3 is 2.76 bits per heavy atom. The Labute approximate surface area is 125 Å². The highest BCUT2D eigenvalue weighted by atomic mass is 16.1. The maximum absolute atomic E-state index is 12.2. The molecule has 0 aliphatic heterocycles. The number of nitrogens with zero attached hydrogens (tertiary/aromatic N) is 2. The van der Waals surface area contributed by atoms with Crippen molar-refractivity contribution in [2.75, 3.05) is 5.32 Å². The van der Waals surface area contributed by atoms with Gasteiger partial charge in [-0.2, -0.15) is 0 Å². The molecule has 110 valence electrons. The first-order chi connectivity index (χ1) is 10.2. The maximum atomic E-state index is 12.2. The Morgan fingerprint density at radius 2 is 2.05 bits per heavy atom. The third-order valence-electron chi connectivity index (χ3n) is 3.39. The number of amides is 1. The molecule has 4 heteroatoms. The number of aromatic nitrogens is 2. The van der Waals surface area contributed by atoms with Crippen LogP contribution < -0.4 is 5.32 Å². The topological polar surface area (TPSA) is 54.9 Å². The summed E-state index contributed by atoms with van der Waals surface area (Å²) in [5.74, 6) is 0.591. The summed E-state index contributed by atoms with van der Waals surface area (Å²) in [5, 5.41) is 2.86. The summed E-state index contributed by atoms with van der Waals surface area (Å²) in [6, 6.07) is 7.60. The van der Waals surface area contributed by atoms with Crippen molar-refractivity contribution in [1.29, 1.82) is 0 Å². The van der Waals surface area contributed by atoms with Crippen molar-refractivity contribution in [3.63, 3.8) is 0 Å². The molecule has 3 rings (SSSR count).